The van der Waals surface area contributed by atoms with E-state index in [2.05, 4.69) is 6.58 Å². The highest BCUT2D eigenvalue weighted by Gasteiger charge is 2.66. The number of fused-ring (bicyclic) bond motifs is 3. The number of ether oxygens (including phenoxy) is 2. The molecule has 0 spiro atoms. The van der Waals surface area contributed by atoms with Gasteiger partial charge in [-0.1, -0.05) is 20.4 Å². The SMILES string of the molecule is C=C1C(=O)O[C@H]2[C@H]1[C@H](OCC(C)C)C[C@@](C)(O)[C@@H]1CC(=O)[C@](C)(O)[C@H]21. The van der Waals surface area contributed by atoms with Crippen molar-refractivity contribution >= 4 is 11.8 Å². The molecule has 0 unspecified atom stereocenters. The molecule has 6 heteroatoms. The normalized spacial score (nSPS) is 46.8. The maximum absolute atomic E-state index is 12.4. The minimum absolute atomic E-state index is 0.0643. The first-order valence-corrected chi connectivity index (χ1v) is 8.96. The molecule has 140 valence electrons. The van der Waals surface area contributed by atoms with Crippen LogP contribution in [0.4, 0.5) is 0 Å². The summed E-state index contributed by atoms with van der Waals surface area (Å²) in [5, 5.41) is 21.9. The Hall–Kier alpha value is -1.24. The highest BCUT2D eigenvalue weighted by atomic mass is 16.6. The van der Waals surface area contributed by atoms with Gasteiger partial charge in [0, 0.05) is 36.9 Å². The minimum Gasteiger partial charge on any atom is -0.458 e. The van der Waals surface area contributed by atoms with Crippen molar-refractivity contribution in [2.45, 2.75) is 63.9 Å². The number of Topliss-reactive ketones (excluding diaryl/α,β-unsaturated/α-hetero) is 1. The second-order valence-corrected chi connectivity index (χ2v) is 8.65. The average Bonchev–Trinajstić information content (AvgIpc) is 2.86. The van der Waals surface area contributed by atoms with Crippen LogP contribution in [0, 0.1) is 23.7 Å². The lowest BCUT2D eigenvalue weighted by Gasteiger charge is -2.36. The number of hydrogen-bond donors (Lipinski definition) is 2. The van der Waals surface area contributed by atoms with Crippen LogP contribution >= 0.6 is 0 Å². The van der Waals surface area contributed by atoms with Crippen molar-refractivity contribution in [3.05, 3.63) is 12.2 Å². The molecular formula is C19H28O6. The van der Waals surface area contributed by atoms with Crippen LogP contribution in [-0.2, 0) is 19.1 Å². The minimum atomic E-state index is -1.64. The maximum Gasteiger partial charge on any atom is 0.334 e. The number of aliphatic hydroxyl groups is 2. The van der Waals surface area contributed by atoms with Crippen molar-refractivity contribution in [3.63, 3.8) is 0 Å². The Labute approximate surface area is 148 Å². The molecule has 0 aromatic heterocycles. The Morgan fingerprint density at radius 3 is 2.56 bits per heavy atom. The van der Waals surface area contributed by atoms with Gasteiger partial charge >= 0.3 is 5.97 Å². The smallest absolute Gasteiger partial charge is 0.334 e. The molecule has 0 bridgehead atoms. The van der Waals surface area contributed by atoms with Gasteiger partial charge in [-0.2, -0.15) is 0 Å². The molecule has 1 aliphatic heterocycles. The zero-order valence-corrected chi connectivity index (χ0v) is 15.3. The summed E-state index contributed by atoms with van der Waals surface area (Å²) in [5.74, 6) is -2.17. The van der Waals surface area contributed by atoms with Crippen LogP contribution < -0.4 is 0 Å². The van der Waals surface area contributed by atoms with Crippen molar-refractivity contribution in [2.75, 3.05) is 6.61 Å². The van der Waals surface area contributed by atoms with E-state index in [1.54, 1.807) is 6.92 Å². The highest BCUT2D eigenvalue weighted by molar-refractivity contribution is 5.93. The molecule has 0 amide bonds. The number of carbonyl (C=O) groups is 2. The van der Waals surface area contributed by atoms with Crippen LogP contribution in [0.1, 0.15) is 40.5 Å². The molecule has 2 aliphatic carbocycles. The summed E-state index contributed by atoms with van der Waals surface area (Å²) in [6.07, 6.45) is -0.828. The number of hydrogen-bond acceptors (Lipinski definition) is 6. The van der Waals surface area contributed by atoms with Gasteiger partial charge in [-0.3, -0.25) is 4.79 Å². The number of esters is 1. The summed E-state index contributed by atoms with van der Waals surface area (Å²) in [5.41, 5.74) is -2.56. The van der Waals surface area contributed by atoms with E-state index in [1.165, 1.54) is 6.92 Å². The highest BCUT2D eigenvalue weighted by Crippen LogP contribution is 2.54. The van der Waals surface area contributed by atoms with E-state index in [-0.39, 0.29) is 18.6 Å². The van der Waals surface area contributed by atoms with E-state index >= 15 is 0 Å². The Morgan fingerprint density at radius 2 is 1.96 bits per heavy atom. The molecule has 3 rings (SSSR count). The maximum atomic E-state index is 12.4. The first-order valence-electron chi connectivity index (χ1n) is 8.96. The molecule has 25 heavy (non-hydrogen) atoms. The van der Waals surface area contributed by atoms with Gasteiger partial charge in [-0.15, -0.1) is 0 Å². The predicted octanol–water partition coefficient (Wildman–Crippen LogP) is 1.24. The molecule has 7 atom stereocenters. The Balaban J connectivity index is 2.04. The van der Waals surface area contributed by atoms with Gasteiger partial charge in [-0.25, -0.2) is 4.79 Å². The largest absolute Gasteiger partial charge is 0.458 e. The standard InChI is InChI=1S/C19H28O6/c1-9(2)8-24-12-7-18(4,22)11-6-13(20)19(5,23)15(11)16-14(12)10(3)17(21)25-16/h9,11-12,14-16,22-23H,3,6-8H2,1-2,4-5H3/t11-,12-,14-,15+,16+,18-,19+/m1/s1. The Morgan fingerprint density at radius 1 is 1.32 bits per heavy atom. The van der Waals surface area contributed by atoms with Gasteiger partial charge in [-0.05, 0) is 19.8 Å². The molecular weight excluding hydrogens is 324 g/mol. The molecule has 3 fully saturated rings. The molecule has 0 aromatic rings. The monoisotopic (exact) mass is 352 g/mol. The van der Waals surface area contributed by atoms with Crippen LogP contribution in [0.2, 0.25) is 0 Å². The fourth-order valence-electron chi connectivity index (χ4n) is 4.77. The number of rotatable bonds is 3. The lowest BCUT2D eigenvalue weighted by atomic mass is 9.74. The van der Waals surface area contributed by atoms with Crippen molar-refractivity contribution in [1.82, 2.24) is 0 Å². The fraction of sp³-hybridized carbons (Fsp3) is 0.789. The third-order valence-electron chi connectivity index (χ3n) is 6.13. The van der Waals surface area contributed by atoms with Crippen LogP contribution in [0.5, 0.6) is 0 Å². The van der Waals surface area contributed by atoms with Gasteiger partial charge in [0.05, 0.1) is 17.6 Å². The number of carbonyl (C=O) groups excluding carboxylic acids is 2. The number of ketones is 1. The van der Waals surface area contributed by atoms with Gasteiger partial charge in [0.2, 0.25) is 0 Å². The van der Waals surface area contributed by atoms with Gasteiger partial charge in [0.25, 0.3) is 0 Å². The van der Waals surface area contributed by atoms with E-state index in [4.69, 9.17) is 9.47 Å². The lowest BCUT2D eigenvalue weighted by Crippen LogP contribution is -2.48. The summed E-state index contributed by atoms with van der Waals surface area (Å²) in [6.45, 7) is 11.5. The zero-order chi connectivity index (χ0) is 18.7. The average molecular weight is 352 g/mol. The van der Waals surface area contributed by atoms with Crippen LogP contribution in [0.15, 0.2) is 12.2 Å². The van der Waals surface area contributed by atoms with Crippen molar-refractivity contribution in [3.8, 4) is 0 Å². The van der Waals surface area contributed by atoms with Gasteiger partial charge in [0.1, 0.15) is 11.7 Å². The second-order valence-electron chi connectivity index (χ2n) is 8.65. The molecule has 2 saturated carbocycles. The Kier molecular flexibility index (Phi) is 4.37. The van der Waals surface area contributed by atoms with Crippen LogP contribution in [0.25, 0.3) is 0 Å². The molecule has 6 nitrogen and oxygen atoms in total. The van der Waals surface area contributed by atoms with Crippen molar-refractivity contribution in [2.24, 2.45) is 23.7 Å². The van der Waals surface area contributed by atoms with E-state index in [9.17, 15) is 19.8 Å². The summed E-state index contributed by atoms with van der Waals surface area (Å²) in [6, 6.07) is 0. The summed E-state index contributed by atoms with van der Waals surface area (Å²) >= 11 is 0. The second kappa shape index (κ2) is 5.89. The van der Waals surface area contributed by atoms with Gasteiger partial charge in [0.15, 0.2) is 5.78 Å². The van der Waals surface area contributed by atoms with Crippen molar-refractivity contribution < 1.29 is 29.3 Å². The molecule has 1 saturated heterocycles. The molecule has 0 aromatic carbocycles. The van der Waals surface area contributed by atoms with Crippen LogP contribution in [0.3, 0.4) is 0 Å². The van der Waals surface area contributed by atoms with Crippen molar-refractivity contribution in [1.29, 1.82) is 0 Å². The van der Waals surface area contributed by atoms with Crippen LogP contribution in [-0.4, -0.2) is 52.0 Å². The van der Waals surface area contributed by atoms with E-state index in [0.717, 1.165) is 0 Å². The zero-order valence-electron chi connectivity index (χ0n) is 15.3. The topological polar surface area (TPSA) is 93.1 Å². The summed E-state index contributed by atoms with van der Waals surface area (Å²) in [4.78, 5) is 24.5. The quantitative estimate of drug-likeness (QED) is 0.586. The lowest BCUT2D eigenvalue weighted by molar-refractivity contribution is -0.155. The van der Waals surface area contributed by atoms with Gasteiger partial charge < -0.3 is 19.7 Å². The molecule has 1 heterocycles. The van der Waals surface area contributed by atoms with E-state index in [0.29, 0.717) is 18.1 Å². The molecule has 3 aliphatic rings. The third kappa shape index (κ3) is 2.84. The fourth-order valence-corrected chi connectivity index (χ4v) is 4.77. The molecule has 0 radical (unpaired) electrons. The Bertz CT molecular complexity index is 605. The first kappa shape index (κ1) is 18.5. The summed E-state index contributed by atoms with van der Waals surface area (Å²) < 4.78 is 11.6. The molecule has 2 N–H and O–H groups in total. The predicted molar refractivity (Wildman–Crippen MR) is 89.6 cm³/mol. The van der Waals surface area contributed by atoms with E-state index in [1.807, 2.05) is 13.8 Å². The first-order chi connectivity index (χ1) is 11.5. The van der Waals surface area contributed by atoms with E-state index < -0.39 is 47.1 Å². The summed E-state index contributed by atoms with van der Waals surface area (Å²) in [7, 11) is 0. The third-order valence-corrected chi connectivity index (χ3v) is 6.13.